The fourth-order valence-corrected chi connectivity index (χ4v) is 4.28. The highest BCUT2D eigenvalue weighted by molar-refractivity contribution is 5.95. The largest absolute Gasteiger partial charge is 0.335 e. The lowest BCUT2D eigenvalue weighted by molar-refractivity contribution is 0.539. The van der Waals surface area contributed by atoms with Crippen LogP contribution in [0.5, 0.6) is 0 Å². The second-order valence-electron chi connectivity index (χ2n) is 7.44. The molecule has 1 saturated carbocycles. The van der Waals surface area contributed by atoms with E-state index in [4.69, 9.17) is 0 Å². The van der Waals surface area contributed by atoms with Crippen LogP contribution in [0, 0.1) is 37.9 Å². The van der Waals surface area contributed by atoms with Gasteiger partial charge in [-0.15, -0.1) is 0 Å². The topological polar surface area (TPSA) is 41.6 Å². The van der Waals surface area contributed by atoms with Gasteiger partial charge >= 0.3 is 0 Å². The zero-order chi connectivity index (χ0) is 18.4. The minimum Gasteiger partial charge on any atom is -0.335 e. The Morgan fingerprint density at radius 2 is 1.85 bits per heavy atom. The van der Waals surface area contributed by atoms with Crippen molar-refractivity contribution in [1.82, 2.24) is 9.55 Å². The van der Waals surface area contributed by atoms with E-state index in [9.17, 15) is 9.65 Å². The second-order valence-corrected chi connectivity index (χ2v) is 7.44. The highest BCUT2D eigenvalue weighted by Crippen LogP contribution is 2.42. The summed E-state index contributed by atoms with van der Waals surface area (Å²) in [4.78, 5) is 4.66. The van der Waals surface area contributed by atoms with Gasteiger partial charge in [0, 0.05) is 17.6 Å². The summed E-state index contributed by atoms with van der Waals surface area (Å²) in [5.74, 6) is -0.266. The van der Waals surface area contributed by atoms with E-state index in [1.807, 2.05) is 26.1 Å². The molecule has 0 bridgehead atoms. The number of aryl methyl sites for hydroxylation is 3. The molecule has 1 aliphatic rings. The molecular weight excluding hydrogens is 325 g/mol. The Bertz CT molecular complexity index is 1050. The van der Waals surface area contributed by atoms with Crippen molar-refractivity contribution in [2.45, 2.75) is 52.5 Å². The van der Waals surface area contributed by atoms with E-state index >= 15 is 0 Å². The number of benzene rings is 1. The molecule has 0 amide bonds. The van der Waals surface area contributed by atoms with Gasteiger partial charge in [0.1, 0.15) is 11.9 Å². The Labute approximate surface area is 153 Å². The Kier molecular flexibility index (Phi) is 4.03. The number of halogens is 1. The van der Waals surface area contributed by atoms with Crippen molar-refractivity contribution in [2.75, 3.05) is 0 Å². The minimum absolute atomic E-state index is 0.266. The first kappa shape index (κ1) is 16.8. The third-order valence-electron chi connectivity index (χ3n) is 5.52. The summed E-state index contributed by atoms with van der Waals surface area (Å²) < 4.78 is 16.5. The summed E-state index contributed by atoms with van der Waals surface area (Å²) in [5, 5.41) is 10.6. The number of nitrogens with zero attached hydrogens (tertiary/aromatic N) is 3. The number of hydrogen-bond donors (Lipinski definition) is 0. The zero-order valence-electron chi connectivity index (χ0n) is 15.4. The molecule has 1 aliphatic carbocycles. The van der Waals surface area contributed by atoms with Crippen molar-refractivity contribution in [3.8, 4) is 17.5 Å². The molecular formula is C22H22FN3. The first-order valence-corrected chi connectivity index (χ1v) is 9.19. The quantitative estimate of drug-likeness (QED) is 0.592. The molecule has 0 atom stereocenters. The van der Waals surface area contributed by atoms with E-state index in [1.165, 1.54) is 18.9 Å². The predicted molar refractivity (Wildman–Crippen MR) is 102 cm³/mol. The normalized spacial score (nSPS) is 14.9. The maximum Gasteiger partial charge on any atom is 0.126 e. The Hall–Kier alpha value is -2.67. The smallest absolute Gasteiger partial charge is 0.126 e. The third-order valence-corrected chi connectivity index (χ3v) is 5.52. The SMILES string of the molecule is Cc1cnc(-c2c(C#N)c3cc(F)c(C)cc3n2C2CCCC2)c(C)c1. The van der Waals surface area contributed by atoms with Crippen LogP contribution in [0.15, 0.2) is 24.4 Å². The second kappa shape index (κ2) is 6.25. The van der Waals surface area contributed by atoms with Crippen LogP contribution in [0.2, 0.25) is 0 Å². The molecule has 2 aromatic heterocycles. The van der Waals surface area contributed by atoms with Crippen LogP contribution in [0.4, 0.5) is 4.39 Å². The predicted octanol–water partition coefficient (Wildman–Crippen LogP) is 5.75. The Balaban J connectivity index is 2.13. The molecule has 4 rings (SSSR count). The van der Waals surface area contributed by atoms with Crippen molar-refractivity contribution in [3.05, 3.63) is 52.5 Å². The molecule has 3 aromatic rings. The van der Waals surface area contributed by atoms with E-state index in [-0.39, 0.29) is 5.82 Å². The molecule has 0 unspecified atom stereocenters. The van der Waals surface area contributed by atoms with Crippen molar-refractivity contribution in [3.63, 3.8) is 0 Å². The molecule has 0 radical (unpaired) electrons. The number of fused-ring (bicyclic) bond motifs is 1. The first-order chi connectivity index (χ1) is 12.5. The molecule has 3 nitrogen and oxygen atoms in total. The Morgan fingerprint density at radius 1 is 1.12 bits per heavy atom. The summed E-state index contributed by atoms with van der Waals surface area (Å²) in [6, 6.07) is 8.17. The van der Waals surface area contributed by atoms with E-state index in [0.717, 1.165) is 40.9 Å². The lowest BCUT2D eigenvalue weighted by atomic mass is 10.0. The maximum absolute atomic E-state index is 14.3. The van der Waals surface area contributed by atoms with Crippen LogP contribution in [-0.2, 0) is 0 Å². The number of nitriles is 1. The molecule has 0 aliphatic heterocycles. The average molecular weight is 347 g/mol. The van der Waals surface area contributed by atoms with Crippen molar-refractivity contribution in [2.24, 2.45) is 0 Å². The van der Waals surface area contributed by atoms with Crippen LogP contribution in [-0.4, -0.2) is 9.55 Å². The number of rotatable bonds is 2. The lowest BCUT2D eigenvalue weighted by Gasteiger charge is -2.19. The molecule has 26 heavy (non-hydrogen) atoms. The third kappa shape index (κ3) is 2.50. The molecule has 132 valence electrons. The highest BCUT2D eigenvalue weighted by Gasteiger charge is 2.28. The van der Waals surface area contributed by atoms with Crippen LogP contribution in [0.1, 0.15) is 54.0 Å². The van der Waals surface area contributed by atoms with Gasteiger partial charge in [0.25, 0.3) is 0 Å². The summed E-state index contributed by atoms with van der Waals surface area (Å²) in [6.07, 6.45) is 6.39. The molecule has 2 heterocycles. The number of hydrogen-bond acceptors (Lipinski definition) is 2. The van der Waals surface area contributed by atoms with Gasteiger partial charge in [0.15, 0.2) is 0 Å². The van der Waals surface area contributed by atoms with Gasteiger partial charge in [-0.1, -0.05) is 18.9 Å². The van der Waals surface area contributed by atoms with Gasteiger partial charge in [0.05, 0.1) is 22.5 Å². The van der Waals surface area contributed by atoms with Crippen molar-refractivity contribution >= 4 is 10.9 Å². The van der Waals surface area contributed by atoms with Gasteiger partial charge in [-0.25, -0.2) is 4.39 Å². The fraction of sp³-hybridized carbons (Fsp3) is 0.364. The van der Waals surface area contributed by atoms with Gasteiger partial charge < -0.3 is 4.57 Å². The van der Waals surface area contributed by atoms with Crippen LogP contribution >= 0.6 is 0 Å². The van der Waals surface area contributed by atoms with Crippen LogP contribution in [0.25, 0.3) is 22.3 Å². The van der Waals surface area contributed by atoms with Crippen molar-refractivity contribution < 1.29 is 4.39 Å². The fourth-order valence-electron chi connectivity index (χ4n) is 4.28. The van der Waals surface area contributed by atoms with E-state index in [0.29, 0.717) is 22.6 Å². The van der Waals surface area contributed by atoms with Crippen LogP contribution in [0.3, 0.4) is 0 Å². The molecule has 4 heteroatoms. The van der Waals surface area contributed by atoms with E-state index in [2.05, 4.69) is 21.7 Å². The molecule has 0 spiro atoms. The van der Waals surface area contributed by atoms with Crippen molar-refractivity contribution in [1.29, 1.82) is 5.26 Å². The monoisotopic (exact) mass is 347 g/mol. The lowest BCUT2D eigenvalue weighted by Crippen LogP contribution is -2.08. The van der Waals surface area contributed by atoms with Gasteiger partial charge in [-0.2, -0.15) is 5.26 Å². The van der Waals surface area contributed by atoms with Gasteiger partial charge in [0.2, 0.25) is 0 Å². The van der Waals surface area contributed by atoms with E-state index in [1.54, 1.807) is 6.92 Å². The molecule has 1 aromatic carbocycles. The highest BCUT2D eigenvalue weighted by atomic mass is 19.1. The maximum atomic E-state index is 14.3. The zero-order valence-corrected chi connectivity index (χ0v) is 15.4. The minimum atomic E-state index is -0.266. The van der Waals surface area contributed by atoms with Crippen LogP contribution < -0.4 is 0 Å². The summed E-state index contributed by atoms with van der Waals surface area (Å²) in [6.45, 7) is 5.82. The van der Waals surface area contributed by atoms with E-state index < -0.39 is 0 Å². The van der Waals surface area contributed by atoms with Gasteiger partial charge in [-0.05, 0) is 62.4 Å². The molecule has 1 fully saturated rings. The molecule has 0 saturated heterocycles. The average Bonchev–Trinajstić information content (AvgIpc) is 3.21. The number of aromatic nitrogens is 2. The van der Waals surface area contributed by atoms with Gasteiger partial charge in [-0.3, -0.25) is 4.98 Å². The Morgan fingerprint density at radius 3 is 2.50 bits per heavy atom. The summed E-state index contributed by atoms with van der Waals surface area (Å²) >= 11 is 0. The standard InChI is InChI=1S/C22H22FN3/c1-13-8-15(3)21(25-12-13)22-18(11-24)17-10-19(23)14(2)9-20(17)26(22)16-6-4-5-7-16/h8-10,12,16H,4-7H2,1-3H3. The first-order valence-electron chi connectivity index (χ1n) is 9.19. The summed E-state index contributed by atoms with van der Waals surface area (Å²) in [5.41, 5.74) is 5.90. The summed E-state index contributed by atoms with van der Waals surface area (Å²) in [7, 11) is 0. The number of pyridine rings is 1. The molecule has 0 N–H and O–H groups in total.